The van der Waals surface area contributed by atoms with Crippen LogP contribution in [0.25, 0.3) is 0 Å². The van der Waals surface area contributed by atoms with Gasteiger partial charge in [0.1, 0.15) is 0 Å². The van der Waals surface area contributed by atoms with E-state index in [0.29, 0.717) is 0 Å². The van der Waals surface area contributed by atoms with E-state index in [2.05, 4.69) is 0 Å². The van der Waals surface area contributed by atoms with Crippen LogP contribution in [0.2, 0.25) is 0 Å². The summed E-state index contributed by atoms with van der Waals surface area (Å²) >= 11 is 0. The molecule has 0 spiro atoms. The lowest BCUT2D eigenvalue weighted by atomic mass is 9.95. The predicted molar refractivity (Wildman–Crippen MR) is 41.6 cm³/mol. The lowest BCUT2D eigenvalue weighted by molar-refractivity contribution is -0.289. The molecule has 0 saturated carbocycles. The Morgan fingerprint density at radius 2 is 1.47 bits per heavy atom. The highest BCUT2D eigenvalue weighted by Crippen LogP contribution is 2.41. The number of alkyl halides is 6. The summed E-state index contributed by atoms with van der Waals surface area (Å²) in [6.07, 6.45) is -6.80. The van der Waals surface area contributed by atoms with Gasteiger partial charge in [-0.3, -0.25) is 0 Å². The van der Waals surface area contributed by atoms with Gasteiger partial charge < -0.3 is 5.73 Å². The molecule has 0 aliphatic heterocycles. The summed E-state index contributed by atoms with van der Waals surface area (Å²) in [4.78, 5) is 0. The van der Waals surface area contributed by atoms with Crippen LogP contribution in [-0.4, -0.2) is 18.4 Å². The first-order chi connectivity index (χ1) is 6.60. The van der Waals surface area contributed by atoms with Crippen molar-refractivity contribution in [1.29, 1.82) is 0 Å². The zero-order valence-corrected chi connectivity index (χ0v) is 7.49. The third kappa shape index (κ3) is 4.42. The first-order valence-electron chi connectivity index (χ1n) is 3.93. The second-order valence-corrected chi connectivity index (χ2v) is 2.97. The van der Waals surface area contributed by atoms with Gasteiger partial charge in [-0.25, -0.2) is 0 Å². The van der Waals surface area contributed by atoms with Crippen LogP contribution < -0.4 is 5.73 Å². The van der Waals surface area contributed by atoms with Crippen molar-refractivity contribution in [2.24, 2.45) is 11.7 Å². The number of halogens is 6. The highest BCUT2D eigenvalue weighted by molar-refractivity contribution is 4.90. The highest BCUT2D eigenvalue weighted by atomic mass is 19.4. The molecular formula is C8H9F6N. The van der Waals surface area contributed by atoms with E-state index in [1.807, 2.05) is 5.92 Å². The molecule has 2 N–H and O–H groups in total. The van der Waals surface area contributed by atoms with Gasteiger partial charge in [-0.2, -0.15) is 26.3 Å². The van der Waals surface area contributed by atoms with E-state index in [1.54, 1.807) is 0 Å². The monoisotopic (exact) mass is 233 g/mol. The summed E-state index contributed by atoms with van der Waals surface area (Å²) < 4.78 is 72.3. The third-order valence-corrected chi connectivity index (χ3v) is 1.76. The second-order valence-electron chi connectivity index (χ2n) is 2.97. The average molecular weight is 233 g/mol. The van der Waals surface area contributed by atoms with Crippen LogP contribution in [0.3, 0.4) is 0 Å². The number of rotatable bonds is 3. The van der Waals surface area contributed by atoms with Crippen molar-refractivity contribution in [3.8, 4) is 12.3 Å². The van der Waals surface area contributed by atoms with Gasteiger partial charge in [0.05, 0.1) is 0 Å². The fourth-order valence-corrected chi connectivity index (χ4v) is 1.09. The molecular weight excluding hydrogens is 224 g/mol. The van der Waals surface area contributed by atoms with E-state index < -0.39 is 30.7 Å². The van der Waals surface area contributed by atoms with Crippen molar-refractivity contribution in [2.75, 3.05) is 0 Å². The Hall–Kier alpha value is -0.900. The van der Waals surface area contributed by atoms with Crippen molar-refractivity contribution in [1.82, 2.24) is 0 Å². The molecule has 0 bridgehead atoms. The van der Waals surface area contributed by atoms with E-state index in [4.69, 9.17) is 12.2 Å². The van der Waals surface area contributed by atoms with Crippen molar-refractivity contribution in [3.63, 3.8) is 0 Å². The number of terminal acetylenes is 1. The molecule has 0 aromatic heterocycles. The minimum absolute atomic E-state index is 0.218. The molecule has 0 amide bonds. The van der Waals surface area contributed by atoms with Crippen LogP contribution in [0.5, 0.6) is 0 Å². The van der Waals surface area contributed by atoms with Gasteiger partial charge in [0.15, 0.2) is 5.92 Å². The van der Waals surface area contributed by atoms with Gasteiger partial charge in [-0.1, -0.05) is 0 Å². The molecule has 0 fully saturated rings. The first-order valence-corrected chi connectivity index (χ1v) is 3.93. The zero-order chi connectivity index (χ0) is 12.3. The molecule has 0 aliphatic carbocycles. The summed E-state index contributed by atoms with van der Waals surface area (Å²) in [7, 11) is 0. The quantitative estimate of drug-likeness (QED) is 0.588. The molecule has 0 aromatic rings. The van der Waals surface area contributed by atoms with E-state index in [0.717, 1.165) is 0 Å². The van der Waals surface area contributed by atoms with E-state index in [-0.39, 0.29) is 6.42 Å². The van der Waals surface area contributed by atoms with Gasteiger partial charge in [0.25, 0.3) is 0 Å². The van der Waals surface area contributed by atoms with Crippen molar-refractivity contribution < 1.29 is 26.3 Å². The second kappa shape index (κ2) is 4.75. The van der Waals surface area contributed by atoms with Crippen molar-refractivity contribution >= 4 is 0 Å². The van der Waals surface area contributed by atoms with Crippen LogP contribution in [0.15, 0.2) is 0 Å². The normalized spacial score (nSPS) is 15.1. The number of nitrogens with two attached hydrogens (primary N) is 1. The molecule has 7 heteroatoms. The Morgan fingerprint density at radius 1 is 1.07 bits per heavy atom. The van der Waals surface area contributed by atoms with Gasteiger partial charge in [-0.15, -0.1) is 12.3 Å². The van der Waals surface area contributed by atoms with Crippen LogP contribution in [-0.2, 0) is 0 Å². The van der Waals surface area contributed by atoms with Crippen LogP contribution >= 0.6 is 0 Å². The molecule has 1 unspecified atom stereocenters. The molecule has 0 aromatic carbocycles. The Labute approximate surface area is 82.6 Å². The fraction of sp³-hybridized carbons (Fsp3) is 0.750. The predicted octanol–water partition coefficient (Wildman–Crippen LogP) is 2.47. The maximum atomic E-state index is 12.0. The number of hydrogen-bond acceptors (Lipinski definition) is 1. The Bertz CT molecular complexity index is 221. The highest BCUT2D eigenvalue weighted by Gasteiger charge is 2.59. The standard InChI is InChI=1S/C8H9F6N/c1-2-3-4-5(15)6(7(9,10)11)8(12,13)14/h1,5-6H,3-4,15H2. The summed E-state index contributed by atoms with van der Waals surface area (Å²) in [5.41, 5.74) is 4.84. The topological polar surface area (TPSA) is 26.0 Å². The van der Waals surface area contributed by atoms with Gasteiger partial charge >= 0.3 is 12.4 Å². The minimum Gasteiger partial charge on any atom is -0.327 e. The smallest absolute Gasteiger partial charge is 0.327 e. The third-order valence-electron chi connectivity index (χ3n) is 1.76. The Balaban J connectivity index is 4.74. The summed E-state index contributed by atoms with van der Waals surface area (Å²) in [6, 6.07) is -2.05. The van der Waals surface area contributed by atoms with Crippen molar-refractivity contribution in [3.05, 3.63) is 0 Å². The van der Waals surface area contributed by atoms with Crippen LogP contribution in [0, 0.1) is 18.3 Å². The first kappa shape index (κ1) is 14.1. The maximum absolute atomic E-state index is 12.0. The largest absolute Gasteiger partial charge is 0.401 e. The maximum Gasteiger partial charge on any atom is 0.401 e. The Morgan fingerprint density at radius 3 is 1.73 bits per heavy atom. The molecule has 88 valence electrons. The zero-order valence-electron chi connectivity index (χ0n) is 7.49. The molecule has 0 saturated heterocycles. The molecule has 0 heterocycles. The Kier molecular flexibility index (Phi) is 4.46. The lowest BCUT2D eigenvalue weighted by Gasteiger charge is -2.27. The lowest BCUT2D eigenvalue weighted by Crippen LogP contribution is -2.48. The molecule has 0 radical (unpaired) electrons. The van der Waals surface area contributed by atoms with E-state index in [1.165, 1.54) is 0 Å². The summed E-state index contributed by atoms with van der Waals surface area (Å²) in [5, 5.41) is 0. The van der Waals surface area contributed by atoms with Crippen LogP contribution in [0.4, 0.5) is 26.3 Å². The van der Waals surface area contributed by atoms with Crippen molar-refractivity contribution in [2.45, 2.75) is 31.2 Å². The van der Waals surface area contributed by atoms with E-state index in [9.17, 15) is 26.3 Å². The van der Waals surface area contributed by atoms with Crippen LogP contribution in [0.1, 0.15) is 12.8 Å². The van der Waals surface area contributed by atoms with Gasteiger partial charge in [0, 0.05) is 12.5 Å². The molecule has 0 rings (SSSR count). The molecule has 15 heavy (non-hydrogen) atoms. The molecule has 1 atom stereocenters. The summed E-state index contributed by atoms with van der Waals surface area (Å²) in [5.74, 6) is -1.57. The van der Waals surface area contributed by atoms with E-state index >= 15 is 0 Å². The van der Waals surface area contributed by atoms with Gasteiger partial charge in [-0.05, 0) is 6.42 Å². The molecule has 1 nitrogen and oxygen atoms in total. The summed E-state index contributed by atoms with van der Waals surface area (Å²) in [6.45, 7) is 0. The average Bonchev–Trinajstić information content (AvgIpc) is 1.94. The van der Waals surface area contributed by atoms with Gasteiger partial charge in [0.2, 0.25) is 0 Å². The SMILES string of the molecule is C#CCCC(N)C(C(F)(F)F)C(F)(F)F. The molecule has 0 aliphatic rings. The number of hydrogen-bond donors (Lipinski definition) is 1. The fourth-order valence-electron chi connectivity index (χ4n) is 1.09. The minimum atomic E-state index is -5.40.